The number of hydrogen-bond acceptors (Lipinski definition) is 4. The van der Waals surface area contributed by atoms with Gasteiger partial charge in [0.2, 0.25) is 0 Å². The van der Waals surface area contributed by atoms with Crippen LogP contribution in [0, 0.1) is 0 Å². The molecule has 1 aliphatic heterocycles. The average molecular weight is 680 g/mol. The first-order valence-electron chi connectivity index (χ1n) is 16.3. The molecular weight excluding hydrogens is 639 g/mol. The second-order valence-corrected chi connectivity index (χ2v) is 13.2. The van der Waals surface area contributed by atoms with E-state index in [0.29, 0.717) is 21.4 Å². The molecule has 8 heteroatoms. The van der Waals surface area contributed by atoms with E-state index in [1.807, 2.05) is 85.1 Å². The van der Waals surface area contributed by atoms with Gasteiger partial charge in [0.05, 0.1) is 18.3 Å². The minimum Gasteiger partial charge on any atom is -0.392 e. The van der Waals surface area contributed by atoms with Crippen LogP contribution in [0.3, 0.4) is 0 Å². The molecular formula is C40H40Cl2N4O2. The minimum atomic E-state index is -0.295. The van der Waals surface area contributed by atoms with Crippen LogP contribution in [0.25, 0.3) is 22.2 Å². The lowest BCUT2D eigenvalue weighted by molar-refractivity contribution is 0.102. The van der Waals surface area contributed by atoms with Gasteiger partial charge in [-0.25, -0.2) is 0 Å². The topological polar surface area (TPSA) is 71.6 Å². The summed E-state index contributed by atoms with van der Waals surface area (Å²) in [6, 6.07) is 29.2. The molecule has 0 bridgehead atoms. The Balaban J connectivity index is 1.53. The number of likely N-dealkylation sites (tertiary alicyclic amines) is 1. The molecule has 2 heterocycles. The van der Waals surface area contributed by atoms with Gasteiger partial charge in [-0.2, -0.15) is 0 Å². The lowest BCUT2D eigenvalue weighted by Crippen LogP contribution is -2.24. The molecule has 0 saturated carbocycles. The summed E-state index contributed by atoms with van der Waals surface area (Å²) in [6.07, 6.45) is 4.15. The molecule has 5 aromatic rings. The van der Waals surface area contributed by atoms with Crippen molar-refractivity contribution in [3.05, 3.63) is 147 Å². The van der Waals surface area contributed by atoms with Crippen molar-refractivity contribution < 1.29 is 9.90 Å². The highest BCUT2D eigenvalue weighted by Crippen LogP contribution is 2.41. The van der Waals surface area contributed by atoms with Crippen LogP contribution >= 0.6 is 23.2 Å². The summed E-state index contributed by atoms with van der Waals surface area (Å²) >= 11 is 12.8. The maximum absolute atomic E-state index is 14.6. The summed E-state index contributed by atoms with van der Waals surface area (Å²) in [7, 11) is 0. The quantitative estimate of drug-likeness (QED) is 0.130. The van der Waals surface area contributed by atoms with Gasteiger partial charge in [-0.05, 0) is 104 Å². The Bertz CT molecular complexity index is 1960. The number of allylic oxidation sites excluding steroid dienone is 1. The van der Waals surface area contributed by atoms with Crippen molar-refractivity contribution >= 4 is 57.0 Å². The molecule has 0 spiro atoms. The maximum Gasteiger partial charge on any atom is 0.272 e. The van der Waals surface area contributed by atoms with E-state index in [-0.39, 0.29) is 18.6 Å². The third-order valence-electron chi connectivity index (χ3n) is 9.21. The number of hydrogen-bond donors (Lipinski definition) is 3. The number of halogens is 2. The lowest BCUT2D eigenvalue weighted by atomic mass is 9.95. The monoisotopic (exact) mass is 678 g/mol. The van der Waals surface area contributed by atoms with Crippen molar-refractivity contribution in [1.29, 1.82) is 0 Å². The molecule has 1 amide bonds. The van der Waals surface area contributed by atoms with Crippen molar-refractivity contribution in [2.24, 2.45) is 0 Å². The van der Waals surface area contributed by atoms with Crippen LogP contribution < -0.4 is 5.32 Å². The second kappa shape index (κ2) is 14.8. The van der Waals surface area contributed by atoms with Gasteiger partial charge in [-0.1, -0.05) is 90.4 Å². The zero-order valence-corrected chi connectivity index (χ0v) is 28.8. The summed E-state index contributed by atoms with van der Waals surface area (Å²) in [6.45, 7) is 11.1. The molecule has 3 N–H and O–H groups in total. The number of fused-ring (bicyclic) bond motifs is 1. The Labute approximate surface area is 292 Å². The van der Waals surface area contributed by atoms with Gasteiger partial charge in [0.1, 0.15) is 5.69 Å². The number of H-pyrrole nitrogens is 1. The summed E-state index contributed by atoms with van der Waals surface area (Å²) in [5.41, 5.74) is 8.15. The summed E-state index contributed by atoms with van der Waals surface area (Å²) in [5, 5.41) is 15.3. The van der Waals surface area contributed by atoms with Crippen LogP contribution in [0.15, 0.2) is 104 Å². The van der Waals surface area contributed by atoms with E-state index >= 15 is 0 Å². The molecule has 6 nitrogen and oxygen atoms in total. The molecule has 0 radical (unpaired) electrons. The number of amides is 1. The first kappa shape index (κ1) is 33.6. The number of anilines is 1. The van der Waals surface area contributed by atoms with Gasteiger partial charge in [0.25, 0.3) is 5.91 Å². The second-order valence-electron chi connectivity index (χ2n) is 12.3. The highest BCUT2D eigenvalue weighted by Gasteiger charge is 2.29. The SMILES string of the molecule is C=CN(/C(=C(\C)c1ccccc1)c1c(C(=O)Nc2cc(CO)ccc2CN2CCCC2)[nH]c2cc(Cl)ccc12)C(C)c1ccc(Cl)cc1. The molecule has 1 saturated heterocycles. The van der Waals surface area contributed by atoms with E-state index in [4.69, 9.17) is 23.2 Å². The lowest BCUT2D eigenvalue weighted by Gasteiger charge is -2.33. The Morgan fingerprint density at radius 1 is 1.00 bits per heavy atom. The Kier molecular flexibility index (Phi) is 10.4. The predicted molar refractivity (Wildman–Crippen MR) is 199 cm³/mol. The number of rotatable bonds is 11. The summed E-state index contributed by atoms with van der Waals surface area (Å²) in [5.74, 6) is -0.295. The largest absolute Gasteiger partial charge is 0.392 e. The summed E-state index contributed by atoms with van der Waals surface area (Å²) in [4.78, 5) is 22.5. The molecule has 4 aromatic carbocycles. The first-order valence-corrected chi connectivity index (χ1v) is 17.0. The Morgan fingerprint density at radius 3 is 2.40 bits per heavy atom. The van der Waals surface area contributed by atoms with Crippen LogP contribution in [0.4, 0.5) is 5.69 Å². The van der Waals surface area contributed by atoms with E-state index in [1.165, 1.54) is 12.8 Å². The minimum absolute atomic E-state index is 0.122. The van der Waals surface area contributed by atoms with Crippen molar-refractivity contribution in [1.82, 2.24) is 14.8 Å². The number of aliphatic hydroxyl groups excluding tert-OH is 1. The number of nitrogens with zero attached hydrogens (tertiary/aromatic N) is 2. The predicted octanol–water partition coefficient (Wildman–Crippen LogP) is 9.91. The van der Waals surface area contributed by atoms with Crippen molar-refractivity contribution in [3.63, 3.8) is 0 Å². The van der Waals surface area contributed by atoms with E-state index < -0.39 is 0 Å². The molecule has 6 rings (SSSR count). The average Bonchev–Trinajstić information content (AvgIpc) is 3.75. The molecule has 48 heavy (non-hydrogen) atoms. The van der Waals surface area contributed by atoms with E-state index in [1.54, 1.807) is 0 Å². The van der Waals surface area contributed by atoms with Gasteiger partial charge >= 0.3 is 0 Å². The fraction of sp³-hybridized carbons (Fsp3) is 0.225. The maximum atomic E-state index is 14.6. The van der Waals surface area contributed by atoms with Gasteiger partial charge in [-0.3, -0.25) is 9.69 Å². The van der Waals surface area contributed by atoms with Crippen LogP contribution in [0.5, 0.6) is 0 Å². The number of benzene rings is 4. The fourth-order valence-corrected chi connectivity index (χ4v) is 6.91. The van der Waals surface area contributed by atoms with Crippen LogP contribution in [-0.4, -0.2) is 38.9 Å². The number of carbonyl (C=O) groups excluding carboxylic acids is 1. The van der Waals surface area contributed by atoms with Gasteiger partial charge in [-0.15, -0.1) is 0 Å². The normalized spacial score (nSPS) is 14.5. The van der Waals surface area contributed by atoms with E-state index in [0.717, 1.165) is 69.6 Å². The van der Waals surface area contributed by atoms with Crippen molar-refractivity contribution in [3.8, 4) is 0 Å². The molecule has 246 valence electrons. The number of aromatic nitrogens is 1. The molecule has 1 unspecified atom stereocenters. The number of carbonyl (C=O) groups is 1. The number of nitrogens with one attached hydrogen (secondary N) is 2. The smallest absolute Gasteiger partial charge is 0.272 e. The molecule has 1 aliphatic rings. The highest BCUT2D eigenvalue weighted by atomic mass is 35.5. The van der Waals surface area contributed by atoms with Gasteiger partial charge in [0, 0.05) is 38.7 Å². The zero-order valence-electron chi connectivity index (χ0n) is 27.3. The first-order chi connectivity index (χ1) is 23.3. The number of aromatic amines is 1. The van der Waals surface area contributed by atoms with E-state index in [2.05, 4.69) is 52.7 Å². The third-order valence-corrected chi connectivity index (χ3v) is 9.70. The van der Waals surface area contributed by atoms with Crippen LogP contribution in [0.1, 0.15) is 71.0 Å². The Hall–Kier alpha value is -4.33. The molecule has 1 fully saturated rings. The van der Waals surface area contributed by atoms with Crippen molar-refractivity contribution in [2.45, 2.75) is 45.9 Å². The van der Waals surface area contributed by atoms with Crippen molar-refractivity contribution in [2.75, 3.05) is 18.4 Å². The standard InChI is InChI=1S/C40H40Cl2N4O2/c1-4-46(27(3)30-14-16-32(41)17-15-30)39(26(2)29-10-6-5-7-11-29)37-34-19-18-33(42)23-36(34)43-38(37)40(48)44-35-22-28(25-47)12-13-31(35)24-45-20-8-9-21-45/h4-7,10-19,22-23,27,43,47H,1,8-9,20-21,24-25H2,2-3H3,(H,44,48)/b39-26+. The third kappa shape index (κ3) is 7.08. The van der Waals surface area contributed by atoms with E-state index in [9.17, 15) is 9.90 Å². The zero-order chi connectivity index (χ0) is 33.8. The molecule has 1 atom stereocenters. The van der Waals surface area contributed by atoms with Crippen LogP contribution in [0.2, 0.25) is 10.0 Å². The van der Waals surface area contributed by atoms with Gasteiger partial charge < -0.3 is 20.3 Å². The molecule has 1 aromatic heterocycles. The number of aliphatic hydroxyl groups is 1. The highest BCUT2D eigenvalue weighted by molar-refractivity contribution is 6.31. The van der Waals surface area contributed by atoms with Crippen LogP contribution in [-0.2, 0) is 13.2 Å². The fourth-order valence-electron chi connectivity index (χ4n) is 6.61. The van der Waals surface area contributed by atoms with Gasteiger partial charge in [0.15, 0.2) is 0 Å². The Morgan fingerprint density at radius 2 is 1.71 bits per heavy atom. The summed E-state index contributed by atoms with van der Waals surface area (Å²) < 4.78 is 0. The molecule has 0 aliphatic carbocycles.